The van der Waals surface area contributed by atoms with Crippen molar-refractivity contribution < 1.29 is 9.84 Å². The third kappa shape index (κ3) is 4.06. The van der Waals surface area contributed by atoms with E-state index >= 15 is 0 Å². The van der Waals surface area contributed by atoms with Crippen LogP contribution < -0.4 is 10.5 Å². The Balaban J connectivity index is 2.08. The van der Waals surface area contributed by atoms with E-state index in [9.17, 15) is 5.11 Å². The Labute approximate surface area is 126 Å². The Hall–Kier alpha value is -1.84. The van der Waals surface area contributed by atoms with Gasteiger partial charge in [-0.25, -0.2) is 0 Å². The fourth-order valence-corrected chi connectivity index (χ4v) is 2.10. The second kappa shape index (κ2) is 6.29. The van der Waals surface area contributed by atoms with E-state index in [0.717, 1.165) is 17.1 Å². The zero-order chi connectivity index (χ0) is 15.5. The first-order chi connectivity index (χ1) is 9.88. The third-order valence-electron chi connectivity index (χ3n) is 3.47. The number of ether oxygens (including phenoxy) is 1. The molecule has 2 rings (SSSR count). The molecular formula is C18H23NO2. The SMILES string of the molecule is CC(C)(C)[C@H](O)[C@H](N)c1ccc(Oc2ccccc2)cc1. The van der Waals surface area contributed by atoms with Crippen LogP contribution in [0, 0.1) is 5.41 Å². The first kappa shape index (κ1) is 15.5. The molecule has 3 N–H and O–H groups in total. The number of rotatable bonds is 4. The van der Waals surface area contributed by atoms with E-state index in [2.05, 4.69) is 0 Å². The molecule has 3 nitrogen and oxygen atoms in total. The molecule has 0 bridgehead atoms. The maximum absolute atomic E-state index is 10.3. The van der Waals surface area contributed by atoms with Crippen molar-refractivity contribution in [2.24, 2.45) is 11.1 Å². The standard InChI is InChI=1S/C18H23NO2/c1-18(2,3)17(20)16(19)13-9-11-15(12-10-13)21-14-7-5-4-6-8-14/h4-12,16-17,20H,19H2,1-3H3/t16-,17-/m1/s1. The van der Waals surface area contributed by atoms with Gasteiger partial charge in [0.1, 0.15) is 11.5 Å². The molecule has 0 aliphatic rings. The quantitative estimate of drug-likeness (QED) is 0.896. The maximum atomic E-state index is 10.3. The molecule has 0 amide bonds. The minimum Gasteiger partial charge on any atom is -0.457 e. The highest BCUT2D eigenvalue weighted by Crippen LogP contribution is 2.30. The molecule has 2 atom stereocenters. The lowest BCUT2D eigenvalue weighted by atomic mass is 9.82. The average Bonchev–Trinajstić information content (AvgIpc) is 2.46. The fraction of sp³-hybridized carbons (Fsp3) is 0.333. The molecule has 21 heavy (non-hydrogen) atoms. The fourth-order valence-electron chi connectivity index (χ4n) is 2.10. The zero-order valence-corrected chi connectivity index (χ0v) is 12.8. The van der Waals surface area contributed by atoms with E-state index < -0.39 is 12.1 Å². The molecule has 0 heterocycles. The molecule has 0 aliphatic carbocycles. The molecule has 2 aromatic carbocycles. The number of nitrogens with two attached hydrogens (primary N) is 1. The second-order valence-electron chi connectivity index (χ2n) is 6.32. The molecule has 2 aromatic rings. The van der Waals surface area contributed by atoms with Crippen molar-refractivity contribution >= 4 is 0 Å². The van der Waals surface area contributed by atoms with Gasteiger partial charge in [-0.05, 0) is 35.2 Å². The van der Waals surface area contributed by atoms with Gasteiger partial charge in [-0.3, -0.25) is 0 Å². The first-order valence-electron chi connectivity index (χ1n) is 7.14. The zero-order valence-electron chi connectivity index (χ0n) is 12.8. The predicted octanol–water partition coefficient (Wildman–Crippen LogP) is 3.89. The summed E-state index contributed by atoms with van der Waals surface area (Å²) < 4.78 is 5.74. The van der Waals surface area contributed by atoms with Crippen LogP contribution in [0.3, 0.4) is 0 Å². The van der Waals surface area contributed by atoms with Gasteiger partial charge < -0.3 is 15.6 Å². The van der Waals surface area contributed by atoms with Crippen LogP contribution in [0.5, 0.6) is 11.5 Å². The summed E-state index contributed by atoms with van der Waals surface area (Å²) in [5.41, 5.74) is 6.79. The minimum atomic E-state index is -0.599. The van der Waals surface area contributed by atoms with Crippen molar-refractivity contribution in [3.63, 3.8) is 0 Å². The molecule has 0 radical (unpaired) electrons. The van der Waals surface area contributed by atoms with Crippen molar-refractivity contribution in [3.8, 4) is 11.5 Å². The van der Waals surface area contributed by atoms with Crippen LogP contribution in [0.15, 0.2) is 54.6 Å². The van der Waals surface area contributed by atoms with Crippen molar-refractivity contribution in [3.05, 3.63) is 60.2 Å². The van der Waals surface area contributed by atoms with Crippen LogP contribution in [0.1, 0.15) is 32.4 Å². The smallest absolute Gasteiger partial charge is 0.127 e. The van der Waals surface area contributed by atoms with Gasteiger partial charge in [-0.2, -0.15) is 0 Å². The average molecular weight is 285 g/mol. The Kier molecular flexibility index (Phi) is 4.66. The molecule has 0 aromatic heterocycles. The van der Waals surface area contributed by atoms with Gasteiger partial charge in [-0.15, -0.1) is 0 Å². The molecule has 3 heteroatoms. The van der Waals surface area contributed by atoms with Gasteiger partial charge in [0.05, 0.1) is 12.1 Å². The van der Waals surface area contributed by atoms with Crippen molar-refractivity contribution in [1.82, 2.24) is 0 Å². The van der Waals surface area contributed by atoms with Gasteiger partial charge in [0, 0.05) is 0 Å². The number of aliphatic hydroxyl groups is 1. The molecule has 0 aliphatic heterocycles. The molecule has 0 spiro atoms. The summed E-state index contributed by atoms with van der Waals surface area (Å²) in [5.74, 6) is 1.55. The molecular weight excluding hydrogens is 262 g/mol. The normalized spacial score (nSPS) is 14.5. The highest BCUT2D eigenvalue weighted by Gasteiger charge is 2.28. The molecule has 112 valence electrons. The molecule has 0 saturated heterocycles. The van der Waals surface area contributed by atoms with E-state index in [-0.39, 0.29) is 5.41 Å². The maximum Gasteiger partial charge on any atom is 0.127 e. The van der Waals surface area contributed by atoms with E-state index in [0.29, 0.717) is 0 Å². The van der Waals surface area contributed by atoms with Crippen molar-refractivity contribution in [1.29, 1.82) is 0 Å². The molecule has 0 fully saturated rings. The van der Waals surface area contributed by atoms with E-state index in [1.54, 1.807) is 0 Å². The topological polar surface area (TPSA) is 55.5 Å². The van der Waals surface area contributed by atoms with E-state index in [4.69, 9.17) is 10.5 Å². The molecule has 0 unspecified atom stereocenters. The Bertz CT molecular complexity index is 558. The Morgan fingerprint density at radius 3 is 1.95 bits per heavy atom. The lowest BCUT2D eigenvalue weighted by molar-refractivity contribution is 0.0401. The summed E-state index contributed by atoms with van der Waals surface area (Å²) in [4.78, 5) is 0. The predicted molar refractivity (Wildman–Crippen MR) is 85.3 cm³/mol. The van der Waals surface area contributed by atoms with Crippen LogP contribution >= 0.6 is 0 Å². The van der Waals surface area contributed by atoms with E-state index in [1.807, 2.05) is 75.4 Å². The summed E-state index contributed by atoms with van der Waals surface area (Å²) in [5, 5.41) is 10.3. The summed E-state index contributed by atoms with van der Waals surface area (Å²) >= 11 is 0. The number of hydrogen-bond acceptors (Lipinski definition) is 3. The van der Waals surface area contributed by atoms with Crippen LogP contribution in [-0.2, 0) is 0 Å². The van der Waals surface area contributed by atoms with Gasteiger partial charge >= 0.3 is 0 Å². The highest BCUT2D eigenvalue weighted by molar-refractivity contribution is 5.34. The number of aliphatic hydroxyl groups excluding tert-OH is 1. The summed E-state index contributed by atoms with van der Waals surface area (Å²) in [6, 6.07) is 16.8. The summed E-state index contributed by atoms with van der Waals surface area (Å²) in [6.45, 7) is 5.93. The van der Waals surface area contributed by atoms with Gasteiger partial charge in [-0.1, -0.05) is 51.1 Å². The van der Waals surface area contributed by atoms with E-state index in [1.165, 1.54) is 0 Å². The number of benzene rings is 2. The van der Waals surface area contributed by atoms with Crippen LogP contribution in [0.2, 0.25) is 0 Å². The largest absolute Gasteiger partial charge is 0.457 e. The molecule has 0 saturated carbocycles. The van der Waals surface area contributed by atoms with Crippen LogP contribution in [0.4, 0.5) is 0 Å². The monoisotopic (exact) mass is 285 g/mol. The van der Waals surface area contributed by atoms with Crippen LogP contribution in [0.25, 0.3) is 0 Å². The Morgan fingerprint density at radius 2 is 1.43 bits per heavy atom. The number of para-hydroxylation sites is 1. The second-order valence-corrected chi connectivity index (χ2v) is 6.32. The summed E-state index contributed by atoms with van der Waals surface area (Å²) in [6.07, 6.45) is -0.599. The Morgan fingerprint density at radius 1 is 0.905 bits per heavy atom. The third-order valence-corrected chi connectivity index (χ3v) is 3.47. The first-order valence-corrected chi connectivity index (χ1v) is 7.14. The minimum absolute atomic E-state index is 0.251. The van der Waals surface area contributed by atoms with Crippen LogP contribution in [-0.4, -0.2) is 11.2 Å². The lowest BCUT2D eigenvalue weighted by Gasteiger charge is -2.31. The number of hydrogen-bond donors (Lipinski definition) is 2. The van der Waals surface area contributed by atoms with Crippen molar-refractivity contribution in [2.45, 2.75) is 32.9 Å². The highest BCUT2D eigenvalue weighted by atomic mass is 16.5. The van der Waals surface area contributed by atoms with Gasteiger partial charge in [0.2, 0.25) is 0 Å². The summed E-state index contributed by atoms with van der Waals surface area (Å²) in [7, 11) is 0. The lowest BCUT2D eigenvalue weighted by Crippen LogP contribution is -2.36. The van der Waals surface area contributed by atoms with Gasteiger partial charge in [0.25, 0.3) is 0 Å². The van der Waals surface area contributed by atoms with Crippen molar-refractivity contribution in [2.75, 3.05) is 0 Å². The van der Waals surface area contributed by atoms with Gasteiger partial charge in [0.15, 0.2) is 0 Å².